The summed E-state index contributed by atoms with van der Waals surface area (Å²) in [6.45, 7) is 3.02. The molecule has 0 aliphatic carbocycles. The Labute approximate surface area is 101 Å². The van der Waals surface area contributed by atoms with E-state index in [-0.39, 0.29) is 0 Å². The molecule has 0 spiro atoms. The van der Waals surface area contributed by atoms with Crippen molar-refractivity contribution >= 4 is 0 Å². The molecule has 1 aliphatic rings. The Kier molecular flexibility index (Phi) is 2.88. The second-order valence-corrected chi connectivity index (χ2v) is 4.47. The van der Waals surface area contributed by atoms with Gasteiger partial charge in [-0.25, -0.2) is 0 Å². The molecule has 88 valence electrons. The highest BCUT2D eigenvalue weighted by Crippen LogP contribution is 2.17. The van der Waals surface area contributed by atoms with Crippen LogP contribution >= 0.6 is 0 Å². The third-order valence-electron chi connectivity index (χ3n) is 3.28. The van der Waals surface area contributed by atoms with Crippen LogP contribution in [0.1, 0.15) is 17.3 Å². The van der Waals surface area contributed by atoms with Crippen LogP contribution in [0.15, 0.2) is 36.7 Å². The highest BCUT2D eigenvalue weighted by atomic mass is 15.3. The van der Waals surface area contributed by atoms with Crippen molar-refractivity contribution in [3.8, 4) is 0 Å². The molecule has 0 amide bonds. The van der Waals surface area contributed by atoms with Crippen molar-refractivity contribution < 1.29 is 0 Å². The van der Waals surface area contributed by atoms with E-state index in [9.17, 15) is 0 Å². The average Bonchev–Trinajstić information content (AvgIpc) is 2.74. The summed E-state index contributed by atoms with van der Waals surface area (Å²) < 4.78 is 2.18. The molecule has 4 nitrogen and oxygen atoms in total. The lowest BCUT2D eigenvalue weighted by Gasteiger charge is -2.26. The number of hydrogen-bond donors (Lipinski definition) is 1. The number of aryl methyl sites for hydroxylation is 2. The minimum Gasteiger partial charge on any atom is -0.317 e. The molecular formula is C13H16N4. The zero-order chi connectivity index (χ0) is 11.5. The van der Waals surface area contributed by atoms with Gasteiger partial charge in [0, 0.05) is 25.6 Å². The van der Waals surface area contributed by atoms with Gasteiger partial charge in [0.15, 0.2) is 0 Å². The normalized spacial score (nSPS) is 15.8. The first-order valence-corrected chi connectivity index (χ1v) is 6.06. The van der Waals surface area contributed by atoms with Gasteiger partial charge in [0.1, 0.15) is 12.2 Å². The Bertz CT molecular complexity index is 473. The molecule has 0 saturated carbocycles. The number of benzene rings is 1. The maximum Gasteiger partial charge on any atom is 0.138 e. The first-order valence-electron chi connectivity index (χ1n) is 6.06. The standard InChI is InChI=1S/C13H16N4/c1-2-4-11(5-3-1)6-7-17-10-15-16-13(17)12-8-14-9-12/h1-5,10,12,14H,6-9H2. The van der Waals surface area contributed by atoms with E-state index in [4.69, 9.17) is 0 Å². The van der Waals surface area contributed by atoms with Gasteiger partial charge in [-0.15, -0.1) is 10.2 Å². The Hall–Kier alpha value is -1.68. The Morgan fingerprint density at radius 1 is 1.24 bits per heavy atom. The topological polar surface area (TPSA) is 42.7 Å². The van der Waals surface area contributed by atoms with Crippen LogP contribution in [0.2, 0.25) is 0 Å². The zero-order valence-corrected chi connectivity index (χ0v) is 9.71. The van der Waals surface area contributed by atoms with Gasteiger partial charge >= 0.3 is 0 Å². The lowest BCUT2D eigenvalue weighted by atomic mass is 10.0. The van der Waals surface area contributed by atoms with E-state index >= 15 is 0 Å². The van der Waals surface area contributed by atoms with Crippen LogP contribution in [-0.4, -0.2) is 27.9 Å². The third kappa shape index (κ3) is 2.22. The molecular weight excluding hydrogens is 212 g/mol. The van der Waals surface area contributed by atoms with Crippen molar-refractivity contribution in [1.82, 2.24) is 20.1 Å². The molecule has 1 saturated heterocycles. The minimum atomic E-state index is 0.549. The molecule has 1 fully saturated rings. The summed E-state index contributed by atoms with van der Waals surface area (Å²) in [7, 11) is 0. The van der Waals surface area contributed by atoms with E-state index in [1.165, 1.54) is 5.56 Å². The molecule has 1 aliphatic heterocycles. The van der Waals surface area contributed by atoms with Crippen molar-refractivity contribution in [2.45, 2.75) is 18.9 Å². The van der Waals surface area contributed by atoms with Crippen LogP contribution < -0.4 is 5.32 Å². The van der Waals surface area contributed by atoms with Crippen LogP contribution in [0.4, 0.5) is 0 Å². The van der Waals surface area contributed by atoms with Crippen LogP contribution in [-0.2, 0) is 13.0 Å². The molecule has 1 aromatic heterocycles. The fourth-order valence-electron chi connectivity index (χ4n) is 2.12. The minimum absolute atomic E-state index is 0.549. The lowest BCUT2D eigenvalue weighted by molar-refractivity contribution is 0.413. The average molecular weight is 228 g/mol. The van der Waals surface area contributed by atoms with Gasteiger partial charge in [-0.3, -0.25) is 0 Å². The summed E-state index contributed by atoms with van der Waals surface area (Å²) in [5, 5.41) is 11.5. The highest BCUT2D eigenvalue weighted by molar-refractivity contribution is 5.15. The van der Waals surface area contributed by atoms with Gasteiger partial charge in [0.25, 0.3) is 0 Å². The van der Waals surface area contributed by atoms with Crippen molar-refractivity contribution in [3.63, 3.8) is 0 Å². The quantitative estimate of drug-likeness (QED) is 0.855. The van der Waals surface area contributed by atoms with E-state index in [1.807, 2.05) is 12.4 Å². The van der Waals surface area contributed by atoms with Crippen molar-refractivity contribution in [3.05, 3.63) is 48.0 Å². The second-order valence-electron chi connectivity index (χ2n) is 4.47. The molecule has 2 aromatic rings. The fraction of sp³-hybridized carbons (Fsp3) is 0.385. The van der Waals surface area contributed by atoms with Crippen LogP contribution in [0.25, 0.3) is 0 Å². The van der Waals surface area contributed by atoms with Gasteiger partial charge in [-0.05, 0) is 12.0 Å². The summed E-state index contributed by atoms with van der Waals surface area (Å²) in [4.78, 5) is 0. The zero-order valence-electron chi connectivity index (χ0n) is 9.71. The van der Waals surface area contributed by atoms with Crippen LogP contribution in [0.3, 0.4) is 0 Å². The molecule has 0 radical (unpaired) electrons. The van der Waals surface area contributed by atoms with Gasteiger partial charge in [-0.2, -0.15) is 0 Å². The SMILES string of the molecule is c1ccc(CCn2cnnc2C2CNC2)cc1. The number of rotatable bonds is 4. The van der Waals surface area contributed by atoms with Gasteiger partial charge in [-0.1, -0.05) is 30.3 Å². The van der Waals surface area contributed by atoms with Gasteiger partial charge in [0.2, 0.25) is 0 Å². The maximum absolute atomic E-state index is 4.22. The van der Waals surface area contributed by atoms with E-state index in [0.717, 1.165) is 31.9 Å². The van der Waals surface area contributed by atoms with E-state index in [1.54, 1.807) is 0 Å². The number of hydrogen-bond acceptors (Lipinski definition) is 3. The Morgan fingerprint density at radius 2 is 2.06 bits per heavy atom. The smallest absolute Gasteiger partial charge is 0.138 e. The predicted molar refractivity (Wildman–Crippen MR) is 65.8 cm³/mol. The molecule has 1 aromatic carbocycles. The third-order valence-corrected chi connectivity index (χ3v) is 3.28. The van der Waals surface area contributed by atoms with Crippen LogP contribution in [0.5, 0.6) is 0 Å². The first-order chi connectivity index (χ1) is 8.43. The maximum atomic E-state index is 4.22. The molecule has 0 atom stereocenters. The molecule has 0 unspecified atom stereocenters. The number of nitrogens with one attached hydrogen (secondary N) is 1. The molecule has 0 bridgehead atoms. The van der Waals surface area contributed by atoms with Gasteiger partial charge < -0.3 is 9.88 Å². The Morgan fingerprint density at radius 3 is 2.76 bits per heavy atom. The summed E-state index contributed by atoms with van der Waals surface area (Å²) in [5.41, 5.74) is 1.36. The molecule has 17 heavy (non-hydrogen) atoms. The summed E-state index contributed by atoms with van der Waals surface area (Å²) in [6.07, 6.45) is 2.88. The Balaban J connectivity index is 1.67. The van der Waals surface area contributed by atoms with E-state index in [2.05, 4.69) is 44.3 Å². The van der Waals surface area contributed by atoms with Crippen molar-refractivity contribution in [1.29, 1.82) is 0 Å². The fourth-order valence-corrected chi connectivity index (χ4v) is 2.12. The lowest BCUT2D eigenvalue weighted by Crippen LogP contribution is -2.41. The first kappa shape index (κ1) is 10.5. The predicted octanol–water partition coefficient (Wildman–Crippen LogP) is 1.21. The summed E-state index contributed by atoms with van der Waals surface area (Å²) >= 11 is 0. The van der Waals surface area contributed by atoms with E-state index in [0.29, 0.717) is 5.92 Å². The monoisotopic (exact) mass is 228 g/mol. The summed E-state index contributed by atoms with van der Waals surface area (Å²) in [5.74, 6) is 1.67. The number of aromatic nitrogens is 3. The van der Waals surface area contributed by atoms with Gasteiger partial charge in [0.05, 0.1) is 0 Å². The highest BCUT2D eigenvalue weighted by Gasteiger charge is 2.23. The molecule has 1 N–H and O–H groups in total. The van der Waals surface area contributed by atoms with E-state index < -0.39 is 0 Å². The summed E-state index contributed by atoms with van der Waals surface area (Å²) in [6, 6.07) is 10.5. The van der Waals surface area contributed by atoms with Crippen LogP contribution in [0, 0.1) is 0 Å². The van der Waals surface area contributed by atoms with Crippen molar-refractivity contribution in [2.24, 2.45) is 0 Å². The van der Waals surface area contributed by atoms with Crippen molar-refractivity contribution in [2.75, 3.05) is 13.1 Å². The molecule has 2 heterocycles. The molecule has 3 rings (SSSR count). The molecule has 4 heteroatoms. The second kappa shape index (κ2) is 4.67. The largest absolute Gasteiger partial charge is 0.317 e. The number of nitrogens with zero attached hydrogens (tertiary/aromatic N) is 3.